The quantitative estimate of drug-likeness (QED) is 0.433. The van der Waals surface area contributed by atoms with E-state index in [1.807, 2.05) is 19.0 Å². The van der Waals surface area contributed by atoms with E-state index in [2.05, 4.69) is 4.98 Å². The van der Waals surface area contributed by atoms with Crippen LogP contribution in [-0.4, -0.2) is 77.7 Å². The lowest BCUT2D eigenvalue weighted by molar-refractivity contribution is 0.0533. The molecule has 12 heteroatoms. The van der Waals surface area contributed by atoms with Crippen LogP contribution in [0.25, 0.3) is 22.2 Å². The highest BCUT2D eigenvalue weighted by Gasteiger charge is 2.27. The maximum absolute atomic E-state index is 15.1. The Hall–Kier alpha value is -3.64. The van der Waals surface area contributed by atoms with E-state index in [1.165, 1.54) is 29.3 Å². The van der Waals surface area contributed by atoms with Crippen LogP contribution in [0.1, 0.15) is 41.5 Å². The third kappa shape index (κ3) is 7.70. The van der Waals surface area contributed by atoms with E-state index in [-0.39, 0.29) is 18.1 Å². The van der Waals surface area contributed by atoms with E-state index >= 15 is 4.39 Å². The molecule has 2 aromatic heterocycles. The van der Waals surface area contributed by atoms with Crippen molar-refractivity contribution in [3.05, 3.63) is 42.3 Å². The van der Waals surface area contributed by atoms with E-state index < -0.39 is 36.9 Å². The van der Waals surface area contributed by atoms with Crippen LogP contribution in [0.4, 0.5) is 19.7 Å². The second-order valence-corrected chi connectivity index (χ2v) is 11.3. The first-order valence-electron chi connectivity index (χ1n) is 12.5. The van der Waals surface area contributed by atoms with Crippen molar-refractivity contribution < 1.29 is 33.1 Å². The van der Waals surface area contributed by atoms with E-state index in [1.54, 1.807) is 53.7 Å². The zero-order valence-electron chi connectivity index (χ0n) is 23.7. The molecule has 0 aliphatic heterocycles. The van der Waals surface area contributed by atoms with Gasteiger partial charge in [0.25, 0.3) is 0 Å². The number of likely N-dealkylation sites (N-methyl/N-ethyl adjacent to an activating group) is 1. The van der Waals surface area contributed by atoms with E-state index in [9.17, 15) is 14.6 Å². The minimum absolute atomic E-state index is 0.0136. The number of ether oxygens (including phenoxy) is 2. The molecule has 0 spiro atoms. The molecule has 0 radical (unpaired) electrons. The number of hydrogen-bond acceptors (Lipinski definition) is 8. The van der Waals surface area contributed by atoms with Crippen LogP contribution < -0.4 is 9.55 Å². The molecule has 0 aliphatic carbocycles. The minimum atomic E-state index is -0.795. The molecule has 0 aliphatic rings. The summed E-state index contributed by atoms with van der Waals surface area (Å²) in [5.41, 5.74) is -0.0572. The largest absolute Gasteiger partial charge is 0.526 e. The third-order valence-electron chi connectivity index (χ3n) is 5.35. The number of fused-ring (bicyclic) bond motifs is 1. The highest BCUT2D eigenvalue weighted by atomic mass is 19.1. The van der Waals surface area contributed by atoms with Crippen molar-refractivity contribution in [3.8, 4) is 17.0 Å². The van der Waals surface area contributed by atoms with Crippen LogP contribution in [0, 0.1) is 5.82 Å². The first-order chi connectivity index (χ1) is 18.1. The van der Waals surface area contributed by atoms with Crippen molar-refractivity contribution in [2.45, 2.75) is 52.7 Å². The van der Waals surface area contributed by atoms with Gasteiger partial charge in [0.05, 0.1) is 5.69 Å². The summed E-state index contributed by atoms with van der Waals surface area (Å²) in [5, 5.41) is 9.87. The lowest BCUT2D eigenvalue weighted by Crippen LogP contribution is -2.40. The zero-order valence-corrected chi connectivity index (χ0v) is 23.7. The lowest BCUT2D eigenvalue weighted by Gasteiger charge is -2.28. The van der Waals surface area contributed by atoms with Gasteiger partial charge in [0, 0.05) is 30.7 Å². The van der Waals surface area contributed by atoms with Gasteiger partial charge < -0.3 is 24.1 Å². The van der Waals surface area contributed by atoms with Crippen molar-refractivity contribution in [1.82, 2.24) is 14.5 Å². The number of anilines is 1. The highest BCUT2D eigenvalue weighted by Crippen LogP contribution is 2.35. The van der Waals surface area contributed by atoms with Gasteiger partial charge in [0.2, 0.25) is 0 Å². The molecule has 0 fully saturated rings. The number of carbonyl (C=O) groups excluding carboxylic acids is 2. The van der Waals surface area contributed by atoms with Crippen LogP contribution >= 0.6 is 0 Å². The predicted octanol–water partition coefficient (Wildman–Crippen LogP) is 4.57. The fraction of sp³-hybridized carbons (Fsp3) is 0.444. The Labute approximate surface area is 228 Å². The number of halogens is 1. The number of amides is 1. The number of carbonyl (C=O) groups is 2. The Morgan fingerprint density at radius 1 is 1.03 bits per heavy atom. The van der Waals surface area contributed by atoms with Crippen molar-refractivity contribution in [2.24, 2.45) is 0 Å². The van der Waals surface area contributed by atoms with Gasteiger partial charge in [-0.2, -0.15) is 4.57 Å². The summed E-state index contributed by atoms with van der Waals surface area (Å²) < 4.78 is 32.6. The molecule has 3 aromatic rings. The van der Waals surface area contributed by atoms with E-state index in [4.69, 9.17) is 14.1 Å². The van der Waals surface area contributed by atoms with Crippen LogP contribution in [0.2, 0.25) is 0 Å². The molecule has 3 rings (SSSR count). The van der Waals surface area contributed by atoms with Gasteiger partial charge in [-0.1, -0.05) is 0 Å². The lowest BCUT2D eigenvalue weighted by atomic mass is 10.0. The van der Waals surface area contributed by atoms with Gasteiger partial charge in [-0.25, -0.2) is 19.0 Å². The fourth-order valence-corrected chi connectivity index (χ4v) is 3.81. The SMILES string of the molecule is CN(C)CCN(C(=O)OC(C)(C)C)c1cc(F)cc(-c2ccnc3c2cc(OBO)n3C(=O)OC(C)(C)C)c1. The van der Waals surface area contributed by atoms with Crippen molar-refractivity contribution >= 4 is 36.6 Å². The molecule has 39 heavy (non-hydrogen) atoms. The normalized spacial score (nSPS) is 12.0. The maximum atomic E-state index is 15.1. The molecular formula is C27H36BFN4O6. The van der Waals surface area contributed by atoms with E-state index in [0.29, 0.717) is 28.7 Å². The molecule has 0 saturated carbocycles. The van der Waals surface area contributed by atoms with Gasteiger partial charge in [-0.3, -0.25) is 4.90 Å². The topological polar surface area (TPSA) is 106 Å². The van der Waals surface area contributed by atoms with Crippen LogP contribution in [0.3, 0.4) is 0 Å². The van der Waals surface area contributed by atoms with Crippen LogP contribution in [0.15, 0.2) is 36.5 Å². The number of rotatable bonds is 7. The molecular weight excluding hydrogens is 506 g/mol. The maximum Gasteiger partial charge on any atom is 0.505 e. The molecule has 0 saturated heterocycles. The highest BCUT2D eigenvalue weighted by molar-refractivity contribution is 6.17. The van der Waals surface area contributed by atoms with Gasteiger partial charge in [0.1, 0.15) is 17.0 Å². The summed E-state index contributed by atoms with van der Waals surface area (Å²) in [6, 6.07) is 7.47. The summed E-state index contributed by atoms with van der Waals surface area (Å²) in [7, 11) is 3.06. The van der Waals surface area contributed by atoms with Gasteiger partial charge in [-0.05, 0) is 91.0 Å². The standard InChI is InChI=1S/C27H36BFN4O6/c1-26(2,3)37-24(34)32(12-11-31(7)8)19-14-17(13-18(29)15-19)20-9-10-30-23-21(20)16-22(39-28-36)33(23)25(35)38-27(4,5)6/h9-10,13-16,28,36H,11-12H2,1-8H3. The molecule has 1 amide bonds. The molecule has 1 aromatic carbocycles. The molecule has 10 nitrogen and oxygen atoms in total. The first kappa shape index (κ1) is 29.9. The Bertz CT molecular complexity index is 1350. The second kappa shape index (κ2) is 11.6. The summed E-state index contributed by atoms with van der Waals surface area (Å²) in [6.45, 7) is 11.3. The Morgan fingerprint density at radius 3 is 2.28 bits per heavy atom. The third-order valence-corrected chi connectivity index (χ3v) is 5.35. The summed E-state index contributed by atoms with van der Waals surface area (Å²) in [6.07, 6.45) is 0.129. The number of nitrogens with zero attached hydrogens (tertiary/aromatic N) is 4. The molecule has 0 bridgehead atoms. The monoisotopic (exact) mass is 542 g/mol. The van der Waals surface area contributed by atoms with Gasteiger partial charge in [0.15, 0.2) is 11.5 Å². The van der Waals surface area contributed by atoms with E-state index in [0.717, 1.165) is 4.57 Å². The van der Waals surface area contributed by atoms with Crippen molar-refractivity contribution in [2.75, 3.05) is 32.1 Å². The van der Waals surface area contributed by atoms with Crippen LogP contribution in [-0.2, 0) is 9.47 Å². The molecule has 0 unspecified atom stereocenters. The molecule has 0 atom stereocenters. The van der Waals surface area contributed by atoms with Gasteiger partial charge >= 0.3 is 19.9 Å². The number of pyridine rings is 1. The van der Waals surface area contributed by atoms with Crippen molar-refractivity contribution in [1.29, 1.82) is 0 Å². The molecule has 2 heterocycles. The average Bonchev–Trinajstić information content (AvgIpc) is 3.14. The fourth-order valence-electron chi connectivity index (χ4n) is 3.81. The summed E-state index contributed by atoms with van der Waals surface area (Å²) in [4.78, 5) is 33.8. The Morgan fingerprint density at radius 2 is 1.69 bits per heavy atom. The molecule has 1 N–H and O–H groups in total. The minimum Gasteiger partial charge on any atom is -0.526 e. The number of hydrogen-bond donors (Lipinski definition) is 1. The molecule has 210 valence electrons. The van der Waals surface area contributed by atoms with Crippen molar-refractivity contribution in [3.63, 3.8) is 0 Å². The second-order valence-electron chi connectivity index (χ2n) is 11.3. The smallest absolute Gasteiger partial charge is 0.505 e. The first-order valence-corrected chi connectivity index (χ1v) is 12.5. The predicted molar refractivity (Wildman–Crippen MR) is 149 cm³/mol. The number of aromatic nitrogens is 2. The van der Waals surface area contributed by atoms with Gasteiger partial charge in [-0.15, -0.1) is 0 Å². The number of benzene rings is 1. The Kier molecular flexibility index (Phi) is 8.92. The summed E-state index contributed by atoms with van der Waals surface area (Å²) in [5.74, 6) is -0.552. The average molecular weight is 542 g/mol. The summed E-state index contributed by atoms with van der Waals surface area (Å²) >= 11 is 0. The van der Waals surface area contributed by atoms with Crippen LogP contribution in [0.5, 0.6) is 5.88 Å². The Balaban J connectivity index is 2.16. The zero-order chi connectivity index (χ0) is 29.1.